The molecule has 0 radical (unpaired) electrons. The van der Waals surface area contributed by atoms with E-state index in [0.29, 0.717) is 18.2 Å². The van der Waals surface area contributed by atoms with Crippen molar-refractivity contribution in [1.82, 2.24) is 15.1 Å². The molecule has 2 rings (SSSR count). The molecule has 2 heterocycles. The number of hydrogen-bond acceptors (Lipinski definition) is 4. The number of nitrogens with one attached hydrogen (secondary N) is 1. The molecule has 0 spiro atoms. The van der Waals surface area contributed by atoms with Gasteiger partial charge >= 0.3 is 12.0 Å². The van der Waals surface area contributed by atoms with Crippen LogP contribution in [0.15, 0.2) is 0 Å². The van der Waals surface area contributed by atoms with E-state index in [2.05, 4.69) is 17.1 Å². The Labute approximate surface area is 123 Å². The van der Waals surface area contributed by atoms with Gasteiger partial charge in [-0.15, -0.1) is 11.8 Å². The molecule has 2 fully saturated rings. The SMILES string of the molecule is CCN1CCC(CNC(=O)N2C(C)SCC2C(=O)O)C1. The largest absolute Gasteiger partial charge is 0.480 e. The lowest BCUT2D eigenvalue weighted by molar-refractivity contribution is -0.141. The van der Waals surface area contributed by atoms with Crippen molar-refractivity contribution >= 4 is 23.8 Å². The number of nitrogens with zero attached hydrogens (tertiary/aromatic N) is 2. The van der Waals surface area contributed by atoms with Crippen molar-refractivity contribution in [1.29, 1.82) is 0 Å². The quantitative estimate of drug-likeness (QED) is 0.806. The number of carboxylic acid groups (broad SMARTS) is 1. The van der Waals surface area contributed by atoms with Crippen molar-refractivity contribution in [2.75, 3.05) is 31.9 Å². The molecule has 3 unspecified atom stereocenters. The second-order valence-electron chi connectivity index (χ2n) is 5.43. The smallest absolute Gasteiger partial charge is 0.327 e. The van der Waals surface area contributed by atoms with Crippen LogP contribution < -0.4 is 5.32 Å². The van der Waals surface area contributed by atoms with Gasteiger partial charge in [0.05, 0.1) is 5.37 Å². The number of rotatable bonds is 4. The fraction of sp³-hybridized carbons (Fsp3) is 0.846. The lowest BCUT2D eigenvalue weighted by atomic mass is 10.1. The molecule has 2 aliphatic rings. The van der Waals surface area contributed by atoms with Crippen LogP contribution in [0.5, 0.6) is 0 Å². The van der Waals surface area contributed by atoms with Gasteiger partial charge in [0.25, 0.3) is 0 Å². The third-order valence-electron chi connectivity index (χ3n) is 4.10. The predicted molar refractivity (Wildman–Crippen MR) is 78.8 cm³/mol. The Morgan fingerprint density at radius 3 is 2.80 bits per heavy atom. The van der Waals surface area contributed by atoms with E-state index in [1.165, 1.54) is 16.7 Å². The Morgan fingerprint density at radius 2 is 2.20 bits per heavy atom. The fourth-order valence-electron chi connectivity index (χ4n) is 2.83. The average Bonchev–Trinajstić information content (AvgIpc) is 3.02. The molecule has 3 atom stereocenters. The molecular weight excluding hydrogens is 278 g/mol. The Morgan fingerprint density at radius 1 is 1.45 bits per heavy atom. The highest BCUT2D eigenvalue weighted by atomic mass is 32.2. The van der Waals surface area contributed by atoms with Crippen LogP contribution >= 0.6 is 11.8 Å². The molecule has 0 aliphatic carbocycles. The van der Waals surface area contributed by atoms with E-state index in [0.717, 1.165) is 26.1 Å². The van der Waals surface area contributed by atoms with Crippen LogP contribution in [0.3, 0.4) is 0 Å². The van der Waals surface area contributed by atoms with E-state index in [1.54, 1.807) is 0 Å². The Kier molecular flexibility index (Phi) is 5.15. The van der Waals surface area contributed by atoms with Crippen molar-refractivity contribution < 1.29 is 14.7 Å². The van der Waals surface area contributed by atoms with Gasteiger partial charge in [-0.2, -0.15) is 0 Å². The van der Waals surface area contributed by atoms with Crippen molar-refractivity contribution in [2.24, 2.45) is 5.92 Å². The van der Waals surface area contributed by atoms with E-state index in [-0.39, 0.29) is 11.4 Å². The van der Waals surface area contributed by atoms with Gasteiger partial charge < -0.3 is 15.3 Å². The summed E-state index contributed by atoms with van der Waals surface area (Å²) in [5, 5.41) is 12.0. The average molecular weight is 301 g/mol. The summed E-state index contributed by atoms with van der Waals surface area (Å²) >= 11 is 1.51. The third-order valence-corrected chi connectivity index (χ3v) is 5.32. The number of aliphatic carboxylic acids is 1. The van der Waals surface area contributed by atoms with E-state index >= 15 is 0 Å². The topological polar surface area (TPSA) is 72.9 Å². The lowest BCUT2D eigenvalue weighted by Gasteiger charge is -2.26. The minimum Gasteiger partial charge on any atom is -0.480 e. The molecule has 0 saturated carbocycles. The second-order valence-corrected chi connectivity index (χ2v) is 6.78. The number of carbonyl (C=O) groups excluding carboxylic acids is 1. The molecule has 0 aromatic heterocycles. The van der Waals surface area contributed by atoms with Gasteiger partial charge in [0, 0.05) is 18.8 Å². The highest BCUT2D eigenvalue weighted by molar-refractivity contribution is 8.00. The molecule has 20 heavy (non-hydrogen) atoms. The van der Waals surface area contributed by atoms with Gasteiger partial charge in [-0.1, -0.05) is 6.92 Å². The minimum absolute atomic E-state index is 0.0770. The molecule has 6 nitrogen and oxygen atoms in total. The summed E-state index contributed by atoms with van der Waals surface area (Å²) in [5.74, 6) is 0.0273. The first-order valence-electron chi connectivity index (χ1n) is 7.15. The number of carbonyl (C=O) groups is 2. The minimum atomic E-state index is -0.921. The summed E-state index contributed by atoms with van der Waals surface area (Å²) in [4.78, 5) is 27.2. The number of hydrogen-bond donors (Lipinski definition) is 2. The first-order chi connectivity index (χ1) is 9.52. The molecule has 2 saturated heterocycles. The van der Waals surface area contributed by atoms with Gasteiger partial charge in [0.2, 0.25) is 0 Å². The Bertz CT molecular complexity index is 380. The maximum Gasteiger partial charge on any atom is 0.327 e. The van der Waals surface area contributed by atoms with Crippen LogP contribution in [0.2, 0.25) is 0 Å². The molecule has 2 N–H and O–H groups in total. The normalized spacial score (nSPS) is 30.7. The zero-order valence-corrected chi connectivity index (χ0v) is 12.9. The summed E-state index contributed by atoms with van der Waals surface area (Å²) in [6, 6.07) is -0.949. The Balaban J connectivity index is 1.83. The van der Waals surface area contributed by atoms with Crippen molar-refractivity contribution in [2.45, 2.75) is 31.7 Å². The van der Waals surface area contributed by atoms with Gasteiger partial charge in [-0.25, -0.2) is 9.59 Å². The number of likely N-dealkylation sites (tertiary alicyclic amines) is 1. The summed E-state index contributed by atoms with van der Waals surface area (Å²) in [5.41, 5.74) is 0. The summed E-state index contributed by atoms with van der Waals surface area (Å²) < 4.78 is 0. The summed E-state index contributed by atoms with van der Waals surface area (Å²) in [6.45, 7) is 7.80. The molecule has 0 bridgehead atoms. The van der Waals surface area contributed by atoms with Gasteiger partial charge in [0.1, 0.15) is 6.04 Å². The standard InChI is InChI=1S/C13H23N3O3S/c1-3-15-5-4-10(7-15)6-14-13(19)16-9(2)20-8-11(16)12(17)18/h9-11H,3-8H2,1-2H3,(H,14,19)(H,17,18). The number of thioether (sulfide) groups is 1. The monoisotopic (exact) mass is 301 g/mol. The van der Waals surface area contributed by atoms with Crippen molar-refractivity contribution in [3.05, 3.63) is 0 Å². The summed E-state index contributed by atoms with van der Waals surface area (Å²) in [7, 11) is 0. The van der Waals surface area contributed by atoms with Crippen molar-refractivity contribution in [3.63, 3.8) is 0 Å². The highest BCUT2D eigenvalue weighted by Gasteiger charge is 2.39. The number of amides is 2. The molecular formula is C13H23N3O3S. The third kappa shape index (κ3) is 3.38. The van der Waals surface area contributed by atoms with Crippen molar-refractivity contribution in [3.8, 4) is 0 Å². The fourth-order valence-corrected chi connectivity index (χ4v) is 4.00. The number of carboxylic acids is 1. The first kappa shape index (κ1) is 15.4. The maximum absolute atomic E-state index is 12.2. The first-order valence-corrected chi connectivity index (χ1v) is 8.20. The lowest BCUT2D eigenvalue weighted by Crippen LogP contribution is -2.50. The Hall–Kier alpha value is -0.950. The molecule has 2 aliphatic heterocycles. The van der Waals surface area contributed by atoms with E-state index in [4.69, 9.17) is 5.11 Å². The molecule has 2 amide bonds. The highest BCUT2D eigenvalue weighted by Crippen LogP contribution is 2.28. The molecule has 0 aromatic carbocycles. The van der Waals surface area contributed by atoms with Crippen LogP contribution in [0.1, 0.15) is 20.3 Å². The van der Waals surface area contributed by atoms with E-state index in [9.17, 15) is 9.59 Å². The maximum atomic E-state index is 12.2. The number of urea groups is 1. The zero-order chi connectivity index (χ0) is 14.7. The van der Waals surface area contributed by atoms with Crippen LogP contribution in [-0.2, 0) is 4.79 Å². The second kappa shape index (κ2) is 6.67. The van der Waals surface area contributed by atoms with Crippen LogP contribution in [0.25, 0.3) is 0 Å². The van der Waals surface area contributed by atoms with Gasteiger partial charge in [-0.3, -0.25) is 4.90 Å². The van der Waals surface area contributed by atoms with E-state index < -0.39 is 12.0 Å². The zero-order valence-electron chi connectivity index (χ0n) is 12.0. The predicted octanol–water partition coefficient (Wildman–Crippen LogP) is 0.886. The molecule has 0 aromatic rings. The van der Waals surface area contributed by atoms with Gasteiger partial charge in [0.15, 0.2) is 0 Å². The summed E-state index contributed by atoms with van der Waals surface area (Å²) in [6.07, 6.45) is 1.10. The van der Waals surface area contributed by atoms with Crippen LogP contribution in [0, 0.1) is 5.92 Å². The van der Waals surface area contributed by atoms with Gasteiger partial charge in [-0.05, 0) is 32.4 Å². The molecule has 114 valence electrons. The van der Waals surface area contributed by atoms with Crippen LogP contribution in [-0.4, -0.2) is 70.3 Å². The van der Waals surface area contributed by atoms with E-state index in [1.807, 2.05) is 6.92 Å². The van der Waals surface area contributed by atoms with Crippen LogP contribution in [0.4, 0.5) is 4.79 Å². The molecule has 7 heteroatoms.